The minimum absolute atomic E-state index is 0.144. The van der Waals surface area contributed by atoms with Gasteiger partial charge < -0.3 is 5.32 Å². The molecule has 1 amide bonds. The number of aryl methyl sites for hydroxylation is 2. The number of nitrogens with zero attached hydrogens (tertiary/aromatic N) is 4. The summed E-state index contributed by atoms with van der Waals surface area (Å²) in [5.41, 5.74) is 3.23. The fourth-order valence-electron chi connectivity index (χ4n) is 2.13. The van der Waals surface area contributed by atoms with E-state index in [0.717, 1.165) is 16.9 Å². The largest absolute Gasteiger partial charge is 0.322 e. The number of nitrogens with one attached hydrogen (secondary N) is 1. The van der Waals surface area contributed by atoms with Gasteiger partial charge in [-0.25, -0.2) is 0 Å². The third-order valence-corrected chi connectivity index (χ3v) is 3.39. The van der Waals surface area contributed by atoms with E-state index in [2.05, 4.69) is 20.8 Å². The van der Waals surface area contributed by atoms with E-state index >= 15 is 0 Å². The van der Waals surface area contributed by atoms with Crippen LogP contribution in [0.3, 0.4) is 0 Å². The molecule has 6 heteroatoms. The monoisotopic (exact) mass is 293 g/mol. The molecule has 1 heterocycles. The number of hydrogen-bond acceptors (Lipinski definition) is 4. The Balaban J connectivity index is 1.80. The lowest BCUT2D eigenvalue weighted by molar-refractivity contribution is 0.102. The van der Waals surface area contributed by atoms with Gasteiger partial charge in [0.05, 0.1) is 5.69 Å². The second-order valence-electron chi connectivity index (χ2n) is 4.95. The van der Waals surface area contributed by atoms with Crippen LogP contribution in [0.15, 0.2) is 48.5 Å². The molecule has 110 valence electrons. The number of rotatable bonds is 3. The van der Waals surface area contributed by atoms with Crippen LogP contribution in [-0.4, -0.2) is 26.1 Å². The molecular formula is C16H15N5O. The summed E-state index contributed by atoms with van der Waals surface area (Å²) in [6.07, 6.45) is 0. The van der Waals surface area contributed by atoms with Crippen molar-refractivity contribution in [2.75, 3.05) is 5.32 Å². The summed E-state index contributed by atoms with van der Waals surface area (Å²) in [6, 6.07) is 14.8. The molecule has 0 aliphatic heterocycles. The van der Waals surface area contributed by atoms with Crippen molar-refractivity contribution in [3.63, 3.8) is 0 Å². The molecule has 6 nitrogen and oxygen atoms in total. The highest BCUT2D eigenvalue weighted by Gasteiger charge is 2.09. The number of para-hydroxylation sites is 1. The molecule has 0 radical (unpaired) electrons. The maximum atomic E-state index is 12.3. The van der Waals surface area contributed by atoms with E-state index in [9.17, 15) is 4.79 Å². The Hall–Kier alpha value is -3.02. The minimum atomic E-state index is -0.144. The van der Waals surface area contributed by atoms with Crippen molar-refractivity contribution in [3.8, 4) is 5.69 Å². The highest BCUT2D eigenvalue weighted by Crippen LogP contribution is 2.15. The van der Waals surface area contributed by atoms with Crippen molar-refractivity contribution >= 4 is 11.6 Å². The normalized spacial score (nSPS) is 10.5. The van der Waals surface area contributed by atoms with Gasteiger partial charge in [-0.05, 0) is 60.2 Å². The van der Waals surface area contributed by atoms with Crippen LogP contribution in [0.25, 0.3) is 5.69 Å². The summed E-state index contributed by atoms with van der Waals surface area (Å²) in [5, 5.41) is 14.2. The predicted molar refractivity (Wildman–Crippen MR) is 83.0 cm³/mol. The first-order valence-corrected chi connectivity index (χ1v) is 6.87. The Kier molecular flexibility index (Phi) is 3.65. The van der Waals surface area contributed by atoms with E-state index in [1.165, 1.54) is 0 Å². The number of tetrazole rings is 1. The molecule has 0 saturated carbocycles. The lowest BCUT2D eigenvalue weighted by Crippen LogP contribution is -2.12. The third-order valence-electron chi connectivity index (χ3n) is 3.39. The number of amides is 1. The SMILES string of the molecule is Cc1ccccc1NC(=O)c1ccc(-n2nnnc2C)cc1. The zero-order valence-corrected chi connectivity index (χ0v) is 12.3. The summed E-state index contributed by atoms with van der Waals surface area (Å²) in [5.74, 6) is 0.548. The zero-order chi connectivity index (χ0) is 15.5. The Labute approximate surface area is 127 Å². The molecule has 0 saturated heterocycles. The van der Waals surface area contributed by atoms with Crippen molar-refractivity contribution in [3.05, 3.63) is 65.5 Å². The van der Waals surface area contributed by atoms with E-state index in [1.54, 1.807) is 16.8 Å². The van der Waals surface area contributed by atoms with Crippen molar-refractivity contribution in [2.24, 2.45) is 0 Å². The van der Waals surface area contributed by atoms with Crippen LogP contribution in [0.4, 0.5) is 5.69 Å². The maximum absolute atomic E-state index is 12.3. The average molecular weight is 293 g/mol. The number of anilines is 1. The summed E-state index contributed by atoms with van der Waals surface area (Å²) < 4.78 is 1.61. The summed E-state index contributed by atoms with van der Waals surface area (Å²) in [4.78, 5) is 12.3. The molecule has 0 aliphatic carbocycles. The van der Waals surface area contributed by atoms with Gasteiger partial charge in [0.15, 0.2) is 5.82 Å². The quantitative estimate of drug-likeness (QED) is 0.805. The fourth-order valence-corrected chi connectivity index (χ4v) is 2.13. The van der Waals surface area contributed by atoms with Crippen LogP contribution in [0.2, 0.25) is 0 Å². The molecule has 22 heavy (non-hydrogen) atoms. The van der Waals surface area contributed by atoms with Gasteiger partial charge >= 0.3 is 0 Å². The number of carbonyl (C=O) groups excluding carboxylic acids is 1. The Morgan fingerprint density at radius 3 is 2.41 bits per heavy atom. The highest BCUT2D eigenvalue weighted by molar-refractivity contribution is 6.04. The summed E-state index contributed by atoms with van der Waals surface area (Å²) >= 11 is 0. The first-order chi connectivity index (χ1) is 10.6. The van der Waals surface area contributed by atoms with Crippen LogP contribution in [0.5, 0.6) is 0 Å². The average Bonchev–Trinajstić information content (AvgIpc) is 2.96. The number of aromatic nitrogens is 4. The summed E-state index contributed by atoms with van der Waals surface area (Å²) in [7, 11) is 0. The molecule has 0 aliphatic rings. The predicted octanol–water partition coefficient (Wildman–Crippen LogP) is 2.53. The molecule has 2 aromatic carbocycles. The molecule has 3 rings (SSSR count). The van der Waals surface area contributed by atoms with Crippen LogP contribution < -0.4 is 5.32 Å². The van der Waals surface area contributed by atoms with Crippen LogP contribution in [-0.2, 0) is 0 Å². The van der Waals surface area contributed by atoms with Gasteiger partial charge in [-0.1, -0.05) is 18.2 Å². The standard InChI is InChI=1S/C16H15N5O/c1-11-5-3-4-6-15(11)17-16(22)13-7-9-14(10-8-13)21-12(2)18-19-20-21/h3-10H,1-2H3,(H,17,22). The molecule has 3 aromatic rings. The first-order valence-electron chi connectivity index (χ1n) is 6.87. The lowest BCUT2D eigenvalue weighted by atomic mass is 10.1. The lowest BCUT2D eigenvalue weighted by Gasteiger charge is -2.08. The molecule has 0 bridgehead atoms. The van der Waals surface area contributed by atoms with Gasteiger partial charge in [0.25, 0.3) is 5.91 Å². The number of hydrogen-bond donors (Lipinski definition) is 1. The van der Waals surface area contributed by atoms with Gasteiger partial charge in [-0.2, -0.15) is 4.68 Å². The molecule has 0 fully saturated rings. The van der Waals surface area contributed by atoms with Crippen LogP contribution in [0.1, 0.15) is 21.7 Å². The van der Waals surface area contributed by atoms with Gasteiger partial charge in [-0.15, -0.1) is 5.10 Å². The number of carbonyl (C=O) groups is 1. The maximum Gasteiger partial charge on any atom is 0.255 e. The van der Waals surface area contributed by atoms with Crippen LogP contribution in [0, 0.1) is 13.8 Å². The van der Waals surface area contributed by atoms with Gasteiger partial charge in [-0.3, -0.25) is 4.79 Å². The van der Waals surface area contributed by atoms with Crippen molar-refractivity contribution in [1.82, 2.24) is 20.2 Å². The highest BCUT2D eigenvalue weighted by atomic mass is 16.1. The Bertz CT molecular complexity index is 807. The topological polar surface area (TPSA) is 72.7 Å². The van der Waals surface area contributed by atoms with E-state index < -0.39 is 0 Å². The van der Waals surface area contributed by atoms with Crippen molar-refractivity contribution in [1.29, 1.82) is 0 Å². The summed E-state index contributed by atoms with van der Waals surface area (Å²) in [6.45, 7) is 3.78. The van der Waals surface area contributed by atoms with Crippen LogP contribution >= 0.6 is 0 Å². The second-order valence-corrected chi connectivity index (χ2v) is 4.95. The van der Waals surface area contributed by atoms with E-state index in [1.807, 2.05) is 50.2 Å². The van der Waals surface area contributed by atoms with Gasteiger partial charge in [0.1, 0.15) is 0 Å². The fraction of sp³-hybridized carbons (Fsp3) is 0.125. The minimum Gasteiger partial charge on any atom is -0.322 e. The molecule has 1 aromatic heterocycles. The first kappa shape index (κ1) is 13.9. The smallest absolute Gasteiger partial charge is 0.255 e. The number of benzene rings is 2. The Morgan fingerprint density at radius 1 is 1.05 bits per heavy atom. The second kappa shape index (κ2) is 5.77. The van der Waals surface area contributed by atoms with Gasteiger partial charge in [0.2, 0.25) is 0 Å². The van der Waals surface area contributed by atoms with E-state index in [0.29, 0.717) is 11.4 Å². The zero-order valence-electron chi connectivity index (χ0n) is 12.3. The molecule has 1 N–H and O–H groups in total. The molecule has 0 spiro atoms. The van der Waals surface area contributed by atoms with Gasteiger partial charge in [0, 0.05) is 11.3 Å². The van der Waals surface area contributed by atoms with Crippen molar-refractivity contribution in [2.45, 2.75) is 13.8 Å². The third kappa shape index (κ3) is 2.71. The Morgan fingerprint density at radius 2 is 1.77 bits per heavy atom. The van der Waals surface area contributed by atoms with E-state index in [-0.39, 0.29) is 5.91 Å². The molecular weight excluding hydrogens is 278 g/mol. The molecule has 0 unspecified atom stereocenters. The van der Waals surface area contributed by atoms with E-state index in [4.69, 9.17) is 0 Å². The van der Waals surface area contributed by atoms with Crippen molar-refractivity contribution < 1.29 is 4.79 Å². The molecule has 0 atom stereocenters.